The van der Waals surface area contributed by atoms with Gasteiger partial charge in [0, 0.05) is 15.5 Å². The van der Waals surface area contributed by atoms with Crippen molar-refractivity contribution in [3.63, 3.8) is 0 Å². The fourth-order valence-corrected chi connectivity index (χ4v) is 2.62. The van der Waals surface area contributed by atoms with Gasteiger partial charge in [0.05, 0.1) is 12.7 Å². The first-order valence-corrected chi connectivity index (χ1v) is 8.04. The highest BCUT2D eigenvalue weighted by Gasteiger charge is 2.11. The Bertz CT molecular complexity index is 542. The molecule has 0 saturated heterocycles. The quantitative estimate of drug-likeness (QED) is 0.762. The van der Waals surface area contributed by atoms with Crippen molar-refractivity contribution in [3.05, 3.63) is 68.6 Å². The molecule has 0 aromatic heterocycles. The zero-order valence-corrected chi connectivity index (χ0v) is 14.4. The Balaban J connectivity index is 2.04. The predicted octanol–water partition coefficient (Wildman–Crippen LogP) is 4.69. The summed E-state index contributed by atoms with van der Waals surface area (Å²) in [7, 11) is 1.94. The Morgan fingerprint density at radius 1 is 1.05 bits per heavy atom. The minimum atomic E-state index is 0.0427. The average molecular weight is 399 g/mol. The van der Waals surface area contributed by atoms with Crippen LogP contribution in [0.2, 0.25) is 0 Å². The molecule has 0 spiro atoms. The van der Waals surface area contributed by atoms with E-state index < -0.39 is 0 Å². The van der Waals surface area contributed by atoms with Crippen molar-refractivity contribution in [1.82, 2.24) is 5.32 Å². The summed E-state index contributed by atoms with van der Waals surface area (Å²) >= 11 is 6.94. The molecule has 20 heavy (non-hydrogen) atoms. The van der Waals surface area contributed by atoms with Crippen molar-refractivity contribution in [2.45, 2.75) is 12.7 Å². The molecule has 1 N–H and O–H groups in total. The molecule has 0 amide bonds. The van der Waals surface area contributed by atoms with Crippen molar-refractivity contribution in [2.24, 2.45) is 0 Å². The molecule has 0 saturated carbocycles. The number of hydrogen-bond acceptors (Lipinski definition) is 2. The SMILES string of the molecule is CNCC(OCc1ccc(Br)cc1)c1cccc(Br)c1. The number of nitrogens with one attached hydrogen (secondary N) is 1. The fourth-order valence-electron chi connectivity index (χ4n) is 1.94. The van der Waals surface area contributed by atoms with E-state index in [4.69, 9.17) is 4.74 Å². The first kappa shape index (κ1) is 15.7. The van der Waals surface area contributed by atoms with Crippen molar-refractivity contribution in [3.8, 4) is 0 Å². The van der Waals surface area contributed by atoms with Gasteiger partial charge in [-0.1, -0.05) is 56.1 Å². The van der Waals surface area contributed by atoms with Crippen molar-refractivity contribution in [2.75, 3.05) is 13.6 Å². The van der Waals surface area contributed by atoms with Crippen LogP contribution in [0.1, 0.15) is 17.2 Å². The van der Waals surface area contributed by atoms with Crippen LogP contribution < -0.4 is 5.32 Å². The predicted molar refractivity (Wildman–Crippen MR) is 89.7 cm³/mol. The Kier molecular flexibility index (Phi) is 6.23. The van der Waals surface area contributed by atoms with Gasteiger partial charge in [0.25, 0.3) is 0 Å². The lowest BCUT2D eigenvalue weighted by Crippen LogP contribution is -2.19. The van der Waals surface area contributed by atoms with Crippen LogP contribution in [0.15, 0.2) is 57.5 Å². The Morgan fingerprint density at radius 2 is 1.80 bits per heavy atom. The van der Waals surface area contributed by atoms with E-state index in [1.54, 1.807) is 0 Å². The Morgan fingerprint density at radius 3 is 2.45 bits per heavy atom. The number of hydrogen-bond donors (Lipinski definition) is 1. The molecule has 0 radical (unpaired) electrons. The molecule has 2 nitrogen and oxygen atoms in total. The highest BCUT2D eigenvalue weighted by Crippen LogP contribution is 2.22. The van der Waals surface area contributed by atoms with Gasteiger partial charge in [-0.3, -0.25) is 0 Å². The van der Waals surface area contributed by atoms with E-state index in [1.165, 1.54) is 11.1 Å². The van der Waals surface area contributed by atoms with Crippen LogP contribution in [0.4, 0.5) is 0 Å². The van der Waals surface area contributed by atoms with Gasteiger partial charge < -0.3 is 10.1 Å². The summed E-state index contributed by atoms with van der Waals surface area (Å²) in [5, 5.41) is 3.18. The van der Waals surface area contributed by atoms with E-state index in [1.807, 2.05) is 31.3 Å². The third kappa shape index (κ3) is 4.70. The zero-order chi connectivity index (χ0) is 14.4. The highest BCUT2D eigenvalue weighted by molar-refractivity contribution is 9.10. The van der Waals surface area contributed by atoms with Crippen molar-refractivity contribution < 1.29 is 4.74 Å². The molecule has 2 aromatic carbocycles. The molecule has 2 aromatic rings. The molecule has 2 rings (SSSR count). The largest absolute Gasteiger partial charge is 0.368 e. The number of benzene rings is 2. The number of rotatable bonds is 6. The van der Waals surface area contributed by atoms with E-state index in [-0.39, 0.29) is 6.10 Å². The molecule has 1 unspecified atom stereocenters. The molecule has 0 aliphatic heterocycles. The van der Waals surface area contributed by atoms with Gasteiger partial charge in [0.2, 0.25) is 0 Å². The molecule has 106 valence electrons. The number of halogens is 2. The van der Waals surface area contributed by atoms with Crippen molar-refractivity contribution >= 4 is 31.9 Å². The lowest BCUT2D eigenvalue weighted by Gasteiger charge is -2.18. The van der Waals surface area contributed by atoms with E-state index in [9.17, 15) is 0 Å². The smallest absolute Gasteiger partial charge is 0.0954 e. The zero-order valence-electron chi connectivity index (χ0n) is 11.3. The van der Waals surface area contributed by atoms with Crippen LogP contribution in [-0.2, 0) is 11.3 Å². The topological polar surface area (TPSA) is 21.3 Å². The number of ether oxygens (including phenoxy) is 1. The molecular formula is C16H17Br2NO. The Hall–Kier alpha value is -0.680. The third-order valence-electron chi connectivity index (χ3n) is 2.97. The van der Waals surface area contributed by atoms with Gasteiger partial charge in [-0.2, -0.15) is 0 Å². The number of likely N-dealkylation sites (N-methyl/N-ethyl adjacent to an activating group) is 1. The van der Waals surface area contributed by atoms with E-state index >= 15 is 0 Å². The van der Waals surface area contributed by atoms with Gasteiger partial charge in [-0.05, 0) is 42.4 Å². The molecule has 0 bridgehead atoms. The molecule has 0 fully saturated rings. The maximum absolute atomic E-state index is 6.05. The summed E-state index contributed by atoms with van der Waals surface area (Å²) in [5.74, 6) is 0. The lowest BCUT2D eigenvalue weighted by molar-refractivity contribution is 0.0410. The highest BCUT2D eigenvalue weighted by atomic mass is 79.9. The normalized spacial score (nSPS) is 12.3. The van der Waals surface area contributed by atoms with E-state index in [0.717, 1.165) is 15.5 Å². The summed E-state index contributed by atoms with van der Waals surface area (Å²) < 4.78 is 8.21. The Labute approximate surface area is 136 Å². The standard InChI is InChI=1S/C16H17Br2NO/c1-19-10-16(13-3-2-4-15(18)9-13)20-11-12-5-7-14(17)8-6-12/h2-9,16,19H,10-11H2,1H3. The second-order valence-corrected chi connectivity index (χ2v) is 6.37. The monoisotopic (exact) mass is 397 g/mol. The van der Waals surface area contributed by atoms with Gasteiger partial charge in [0.1, 0.15) is 0 Å². The average Bonchev–Trinajstić information content (AvgIpc) is 2.45. The minimum absolute atomic E-state index is 0.0427. The second kappa shape index (κ2) is 7.93. The summed E-state index contributed by atoms with van der Waals surface area (Å²) in [6.45, 7) is 1.39. The molecule has 1 atom stereocenters. The summed E-state index contributed by atoms with van der Waals surface area (Å²) in [6.07, 6.45) is 0.0427. The van der Waals surface area contributed by atoms with E-state index in [2.05, 4.69) is 61.4 Å². The maximum atomic E-state index is 6.05. The van der Waals surface area contributed by atoms with Crippen LogP contribution in [0, 0.1) is 0 Å². The first-order valence-electron chi connectivity index (χ1n) is 6.45. The molecule has 0 heterocycles. The molecular weight excluding hydrogens is 382 g/mol. The minimum Gasteiger partial charge on any atom is -0.368 e. The summed E-state index contributed by atoms with van der Waals surface area (Å²) in [4.78, 5) is 0. The van der Waals surface area contributed by atoms with Crippen molar-refractivity contribution in [1.29, 1.82) is 0 Å². The lowest BCUT2D eigenvalue weighted by atomic mass is 10.1. The van der Waals surface area contributed by atoms with Crippen LogP contribution in [0.5, 0.6) is 0 Å². The maximum Gasteiger partial charge on any atom is 0.0954 e. The van der Waals surface area contributed by atoms with Crippen LogP contribution in [0.3, 0.4) is 0 Å². The summed E-state index contributed by atoms with van der Waals surface area (Å²) in [5.41, 5.74) is 2.34. The molecule has 0 aliphatic rings. The molecule has 0 aliphatic carbocycles. The van der Waals surface area contributed by atoms with Crippen LogP contribution in [-0.4, -0.2) is 13.6 Å². The van der Waals surface area contributed by atoms with Gasteiger partial charge >= 0.3 is 0 Å². The summed E-state index contributed by atoms with van der Waals surface area (Å²) in [6, 6.07) is 16.5. The van der Waals surface area contributed by atoms with Gasteiger partial charge in [-0.25, -0.2) is 0 Å². The fraction of sp³-hybridized carbons (Fsp3) is 0.250. The second-order valence-electron chi connectivity index (χ2n) is 4.54. The first-order chi connectivity index (χ1) is 9.69. The van der Waals surface area contributed by atoms with E-state index in [0.29, 0.717) is 6.61 Å². The molecule has 4 heteroatoms. The third-order valence-corrected chi connectivity index (χ3v) is 4.00. The van der Waals surface area contributed by atoms with Gasteiger partial charge in [-0.15, -0.1) is 0 Å². The van der Waals surface area contributed by atoms with Gasteiger partial charge in [0.15, 0.2) is 0 Å². The van der Waals surface area contributed by atoms with Crippen LogP contribution >= 0.6 is 31.9 Å². The van der Waals surface area contributed by atoms with Crippen LogP contribution in [0.25, 0.3) is 0 Å².